The lowest BCUT2D eigenvalue weighted by Crippen LogP contribution is -2.37. The number of rotatable bonds is 2. The number of hydrogen-bond donors (Lipinski definition) is 0. The first-order valence-electron chi connectivity index (χ1n) is 9.10. The largest absolute Gasteiger partial charge is 0.497 e. The second-order valence-electron chi connectivity index (χ2n) is 7.23. The molecule has 0 aromatic rings. The molecule has 0 aromatic carbocycles. The predicted molar refractivity (Wildman–Crippen MR) is 91.9 cm³/mol. The first-order valence-corrected chi connectivity index (χ1v) is 9.10. The first-order chi connectivity index (χ1) is 12.3. The summed E-state index contributed by atoms with van der Waals surface area (Å²) in [6.07, 6.45) is 5.98. The van der Waals surface area contributed by atoms with E-state index < -0.39 is 0 Å². The van der Waals surface area contributed by atoms with Crippen LogP contribution in [0.4, 0.5) is 0 Å². The standard InChI is InChI=1S/C20H24NO4/c1-22-17-4-3-12-7-16-14-9-19-18(24-11-25-19)8-13(14)5-6-21(16)10-15(12)20(17)23-2/h3-11H2,1-2H3/q+1. The average molecular weight is 342 g/mol. The quantitative estimate of drug-likeness (QED) is 0.723. The molecular formula is C20H24NO4+. The number of methoxy groups -OCH3 is 2. The second kappa shape index (κ2) is 5.68. The topological polar surface area (TPSA) is 39.9 Å². The van der Waals surface area contributed by atoms with Crippen LogP contribution in [0.1, 0.15) is 38.5 Å². The van der Waals surface area contributed by atoms with E-state index in [0.717, 1.165) is 74.7 Å². The lowest BCUT2D eigenvalue weighted by Gasteiger charge is -2.31. The van der Waals surface area contributed by atoms with Gasteiger partial charge in [-0.15, -0.1) is 0 Å². The molecule has 0 saturated carbocycles. The predicted octanol–water partition coefficient (Wildman–Crippen LogP) is 3.15. The maximum atomic E-state index is 5.71. The molecule has 2 aliphatic carbocycles. The Labute approximate surface area is 147 Å². The third kappa shape index (κ3) is 2.25. The van der Waals surface area contributed by atoms with Gasteiger partial charge in [0.15, 0.2) is 18.0 Å². The van der Waals surface area contributed by atoms with E-state index in [9.17, 15) is 0 Å². The van der Waals surface area contributed by atoms with Gasteiger partial charge in [0.1, 0.15) is 23.8 Å². The summed E-state index contributed by atoms with van der Waals surface area (Å²) < 4.78 is 25.1. The summed E-state index contributed by atoms with van der Waals surface area (Å²) in [5.74, 6) is 4.07. The molecule has 0 bridgehead atoms. The van der Waals surface area contributed by atoms with Crippen molar-refractivity contribution in [2.45, 2.75) is 38.5 Å². The van der Waals surface area contributed by atoms with Crippen LogP contribution < -0.4 is 0 Å². The third-order valence-corrected chi connectivity index (χ3v) is 6.12. The Balaban J connectivity index is 1.48. The van der Waals surface area contributed by atoms with Crippen LogP contribution in [0.2, 0.25) is 0 Å². The molecule has 0 unspecified atom stereocenters. The van der Waals surface area contributed by atoms with Gasteiger partial charge in [-0.2, -0.15) is 0 Å². The maximum Gasteiger partial charge on any atom is 0.230 e. The molecule has 0 fully saturated rings. The smallest absolute Gasteiger partial charge is 0.230 e. The van der Waals surface area contributed by atoms with Gasteiger partial charge in [0, 0.05) is 31.3 Å². The molecule has 5 rings (SSSR count). The van der Waals surface area contributed by atoms with Gasteiger partial charge in [0.2, 0.25) is 6.79 Å². The van der Waals surface area contributed by atoms with Crippen LogP contribution in [0.25, 0.3) is 0 Å². The van der Waals surface area contributed by atoms with Gasteiger partial charge in [-0.1, -0.05) is 0 Å². The van der Waals surface area contributed by atoms with Crippen molar-refractivity contribution in [3.05, 3.63) is 45.3 Å². The fourth-order valence-electron chi connectivity index (χ4n) is 4.81. The van der Waals surface area contributed by atoms with Gasteiger partial charge in [0.05, 0.1) is 26.2 Å². The summed E-state index contributed by atoms with van der Waals surface area (Å²) in [4.78, 5) is 0. The van der Waals surface area contributed by atoms with Crippen molar-refractivity contribution in [3.63, 3.8) is 0 Å². The minimum atomic E-state index is 0.390. The Bertz CT molecular complexity index is 810. The molecule has 0 saturated heterocycles. The normalized spacial score (nSPS) is 25.2. The Morgan fingerprint density at radius 2 is 1.64 bits per heavy atom. The lowest BCUT2D eigenvalue weighted by molar-refractivity contribution is -0.523. The SMILES string of the molecule is COC1=C(OC)C2=C(CC1)CC1=[N+](CCC3=C1CC1=C(C3)OCO1)C2. The molecule has 0 amide bonds. The number of hydrogen-bond acceptors (Lipinski definition) is 4. The Morgan fingerprint density at radius 1 is 0.840 bits per heavy atom. The molecular weight excluding hydrogens is 318 g/mol. The Kier molecular flexibility index (Phi) is 3.43. The minimum Gasteiger partial charge on any atom is -0.497 e. The van der Waals surface area contributed by atoms with E-state index in [1.54, 1.807) is 19.8 Å². The van der Waals surface area contributed by atoms with Crippen molar-refractivity contribution in [1.82, 2.24) is 0 Å². The van der Waals surface area contributed by atoms with Crippen LogP contribution >= 0.6 is 0 Å². The molecule has 3 aliphatic heterocycles. The highest BCUT2D eigenvalue weighted by Gasteiger charge is 2.40. The molecule has 3 heterocycles. The molecule has 5 nitrogen and oxygen atoms in total. The fraction of sp³-hybridized carbons (Fsp3) is 0.550. The number of fused-ring (bicyclic) bond motifs is 1. The van der Waals surface area contributed by atoms with Crippen molar-refractivity contribution < 1.29 is 23.5 Å². The lowest BCUT2D eigenvalue weighted by atomic mass is 9.80. The van der Waals surface area contributed by atoms with E-state index in [1.165, 1.54) is 22.4 Å². The van der Waals surface area contributed by atoms with E-state index in [-0.39, 0.29) is 0 Å². The molecule has 0 atom stereocenters. The van der Waals surface area contributed by atoms with E-state index in [1.807, 2.05) is 0 Å². The molecule has 5 heteroatoms. The third-order valence-electron chi connectivity index (χ3n) is 6.12. The van der Waals surface area contributed by atoms with Crippen LogP contribution in [-0.4, -0.2) is 44.4 Å². The zero-order valence-corrected chi connectivity index (χ0v) is 14.9. The van der Waals surface area contributed by atoms with Crippen LogP contribution in [0.3, 0.4) is 0 Å². The van der Waals surface area contributed by atoms with Gasteiger partial charge < -0.3 is 18.9 Å². The number of ether oxygens (including phenoxy) is 4. The fourth-order valence-corrected chi connectivity index (χ4v) is 4.81. The van der Waals surface area contributed by atoms with Crippen molar-refractivity contribution >= 4 is 5.71 Å². The van der Waals surface area contributed by atoms with E-state index >= 15 is 0 Å². The van der Waals surface area contributed by atoms with Gasteiger partial charge >= 0.3 is 0 Å². The zero-order chi connectivity index (χ0) is 17.0. The average Bonchev–Trinajstić information content (AvgIpc) is 3.11. The summed E-state index contributed by atoms with van der Waals surface area (Å²) in [5, 5.41) is 0. The van der Waals surface area contributed by atoms with Crippen LogP contribution in [0.5, 0.6) is 0 Å². The van der Waals surface area contributed by atoms with Crippen LogP contribution in [-0.2, 0) is 18.9 Å². The molecule has 0 N–H and O–H groups in total. The molecule has 0 spiro atoms. The van der Waals surface area contributed by atoms with Gasteiger partial charge in [-0.25, -0.2) is 4.58 Å². The van der Waals surface area contributed by atoms with Crippen molar-refractivity contribution in [2.75, 3.05) is 34.1 Å². The number of allylic oxidation sites excluding steroid dienone is 4. The Morgan fingerprint density at radius 3 is 2.44 bits per heavy atom. The van der Waals surface area contributed by atoms with E-state index in [4.69, 9.17) is 18.9 Å². The van der Waals surface area contributed by atoms with E-state index in [0.29, 0.717) is 6.79 Å². The summed E-state index contributed by atoms with van der Waals surface area (Å²) in [6, 6.07) is 0. The van der Waals surface area contributed by atoms with Crippen molar-refractivity contribution in [1.29, 1.82) is 0 Å². The van der Waals surface area contributed by atoms with Gasteiger partial charge in [-0.3, -0.25) is 0 Å². The molecule has 0 radical (unpaired) electrons. The Hall–Kier alpha value is -2.17. The van der Waals surface area contributed by atoms with Crippen LogP contribution in [0.15, 0.2) is 45.3 Å². The van der Waals surface area contributed by atoms with E-state index in [2.05, 4.69) is 4.58 Å². The zero-order valence-electron chi connectivity index (χ0n) is 14.9. The maximum absolute atomic E-state index is 5.71. The summed E-state index contributed by atoms with van der Waals surface area (Å²) in [6.45, 7) is 2.40. The van der Waals surface area contributed by atoms with Crippen molar-refractivity contribution in [2.24, 2.45) is 0 Å². The minimum absolute atomic E-state index is 0.390. The summed E-state index contributed by atoms with van der Waals surface area (Å²) in [5.41, 5.74) is 7.41. The van der Waals surface area contributed by atoms with Crippen molar-refractivity contribution in [3.8, 4) is 0 Å². The molecule has 0 aromatic heterocycles. The number of nitrogens with zero attached hydrogens (tertiary/aromatic N) is 1. The first kappa shape index (κ1) is 15.1. The highest BCUT2D eigenvalue weighted by molar-refractivity contribution is 6.00. The van der Waals surface area contributed by atoms with Gasteiger partial charge in [0.25, 0.3) is 0 Å². The molecule has 25 heavy (non-hydrogen) atoms. The summed E-state index contributed by atoms with van der Waals surface area (Å²) >= 11 is 0. The molecule has 132 valence electrons. The van der Waals surface area contributed by atoms with Crippen LogP contribution in [0, 0.1) is 0 Å². The second-order valence-corrected chi connectivity index (χ2v) is 7.23. The highest BCUT2D eigenvalue weighted by Crippen LogP contribution is 2.42. The highest BCUT2D eigenvalue weighted by atomic mass is 16.7. The van der Waals surface area contributed by atoms with Gasteiger partial charge in [-0.05, 0) is 17.6 Å². The monoisotopic (exact) mass is 342 g/mol. The summed E-state index contributed by atoms with van der Waals surface area (Å²) in [7, 11) is 3.50. The molecule has 5 aliphatic rings.